The Hall–Kier alpha value is -2.39. The molecule has 6 heteroatoms. The second-order valence-electron chi connectivity index (χ2n) is 12.5. The molecule has 1 unspecified atom stereocenters. The van der Waals surface area contributed by atoms with Crippen LogP contribution in [0.5, 0.6) is 0 Å². The maximum atomic E-state index is 15.7. The lowest BCUT2D eigenvalue weighted by Crippen LogP contribution is -2.43. The molecule has 43 heavy (non-hydrogen) atoms. The van der Waals surface area contributed by atoms with Crippen LogP contribution >= 0.6 is 7.14 Å². The number of aryl methyl sites for hydroxylation is 4. The number of nitrogens with zero attached hydrogens (tertiary/aromatic N) is 2. The van der Waals surface area contributed by atoms with Crippen LogP contribution in [0.2, 0.25) is 0 Å². The number of unbranched alkanes of at least 4 members (excludes halogenated alkanes) is 4. The van der Waals surface area contributed by atoms with Crippen LogP contribution in [-0.4, -0.2) is 54.0 Å². The first kappa shape index (κ1) is 36.8. The fourth-order valence-corrected chi connectivity index (χ4v) is 9.44. The summed E-state index contributed by atoms with van der Waals surface area (Å²) in [5, 5.41) is 1.63. The molecule has 5 nitrogen and oxygen atoms in total. The van der Waals surface area contributed by atoms with Gasteiger partial charge in [0.2, 0.25) is 11.8 Å². The fraction of sp³-hybridized carbons (Fsp3) is 0.622. The quantitative estimate of drug-likeness (QED) is 0.151. The molecular formula is C37H59N2O3P. The Bertz CT molecular complexity index is 1150. The number of hydrogen-bond acceptors (Lipinski definition) is 3. The summed E-state index contributed by atoms with van der Waals surface area (Å²) in [7, 11) is -3.30. The topological polar surface area (TPSA) is 57.7 Å². The van der Waals surface area contributed by atoms with Crippen LogP contribution < -0.4 is 10.6 Å². The molecule has 2 amide bonds. The number of benzene rings is 2. The third-order valence-corrected chi connectivity index (χ3v) is 12.0. The second kappa shape index (κ2) is 18.4. The Morgan fingerprint density at radius 2 is 1.05 bits per heavy atom. The van der Waals surface area contributed by atoms with Crippen LogP contribution in [-0.2, 0) is 14.2 Å². The van der Waals surface area contributed by atoms with Gasteiger partial charge in [0.15, 0.2) is 0 Å². The number of hydrogen-bond donors (Lipinski definition) is 0. The fourth-order valence-electron chi connectivity index (χ4n) is 5.77. The van der Waals surface area contributed by atoms with Gasteiger partial charge < -0.3 is 14.4 Å². The largest absolute Gasteiger partial charge is 0.343 e. The van der Waals surface area contributed by atoms with Gasteiger partial charge in [-0.05, 0) is 76.6 Å². The van der Waals surface area contributed by atoms with Crippen molar-refractivity contribution in [3.63, 3.8) is 0 Å². The summed E-state index contributed by atoms with van der Waals surface area (Å²) in [6.07, 6.45) is 7.98. The summed E-state index contributed by atoms with van der Waals surface area (Å²) in [5.41, 5.74) is 4.02. The Balaban J connectivity index is 2.70. The maximum Gasteiger partial charge on any atom is 0.226 e. The van der Waals surface area contributed by atoms with Gasteiger partial charge in [0.05, 0.1) is 5.92 Å². The van der Waals surface area contributed by atoms with Gasteiger partial charge in [-0.3, -0.25) is 9.59 Å². The summed E-state index contributed by atoms with van der Waals surface area (Å²) in [6.45, 7) is 19.4. The molecule has 0 radical (unpaired) electrons. The zero-order chi connectivity index (χ0) is 32.0. The normalized spacial score (nSPS) is 12.3. The van der Waals surface area contributed by atoms with Gasteiger partial charge in [-0.15, -0.1) is 0 Å². The van der Waals surface area contributed by atoms with Crippen molar-refractivity contribution in [1.82, 2.24) is 9.80 Å². The Morgan fingerprint density at radius 3 is 1.44 bits per heavy atom. The Labute approximate surface area is 263 Å². The molecule has 0 bridgehead atoms. The standard InChI is InChI=1S/C37H59N2O3P/c1-9-13-21-38(22-14-10-2)36(40)27-33(37(41)39(23-15-11-3)24-16-12-4)28-43(42,34-25-29(5)17-19-31(34)7)35-26-30(6)18-20-32(35)8/h17-20,25-26,33H,9-16,21-24,27-28H2,1-8H3. The van der Waals surface area contributed by atoms with Crippen molar-refractivity contribution in [2.45, 2.75) is 113 Å². The maximum absolute atomic E-state index is 15.7. The molecule has 0 spiro atoms. The van der Waals surface area contributed by atoms with E-state index < -0.39 is 13.1 Å². The third kappa shape index (κ3) is 10.6. The van der Waals surface area contributed by atoms with Crippen LogP contribution in [0.25, 0.3) is 0 Å². The lowest BCUT2D eigenvalue weighted by molar-refractivity contribution is -0.140. The molecule has 0 aliphatic carbocycles. The van der Waals surface area contributed by atoms with E-state index in [0.29, 0.717) is 26.2 Å². The molecule has 0 heterocycles. The summed E-state index contributed by atoms with van der Waals surface area (Å²) in [5.74, 6) is -0.658. The monoisotopic (exact) mass is 610 g/mol. The first-order valence-electron chi connectivity index (χ1n) is 16.8. The van der Waals surface area contributed by atoms with E-state index >= 15 is 4.57 Å². The van der Waals surface area contributed by atoms with Gasteiger partial charge in [0.25, 0.3) is 0 Å². The van der Waals surface area contributed by atoms with Crippen LogP contribution in [0.3, 0.4) is 0 Å². The van der Waals surface area contributed by atoms with Crippen molar-refractivity contribution >= 4 is 29.6 Å². The molecule has 0 aliphatic heterocycles. The van der Waals surface area contributed by atoms with Crippen LogP contribution in [0, 0.1) is 33.6 Å². The molecule has 0 N–H and O–H groups in total. The zero-order valence-corrected chi connectivity index (χ0v) is 29.4. The molecule has 2 aromatic carbocycles. The van der Waals surface area contributed by atoms with Crippen molar-refractivity contribution in [2.24, 2.45) is 5.92 Å². The van der Waals surface area contributed by atoms with Crippen LogP contribution in [0.4, 0.5) is 0 Å². The van der Waals surface area contributed by atoms with Crippen molar-refractivity contribution in [1.29, 1.82) is 0 Å². The highest BCUT2D eigenvalue weighted by molar-refractivity contribution is 7.79. The lowest BCUT2D eigenvalue weighted by Gasteiger charge is -2.32. The first-order valence-corrected chi connectivity index (χ1v) is 18.7. The molecule has 0 aliphatic rings. The predicted octanol–water partition coefficient (Wildman–Crippen LogP) is 8.10. The first-order chi connectivity index (χ1) is 20.5. The molecule has 0 aromatic heterocycles. The van der Waals surface area contributed by atoms with E-state index in [-0.39, 0.29) is 24.4 Å². The van der Waals surface area contributed by atoms with E-state index in [2.05, 4.69) is 39.8 Å². The Kier molecular flexibility index (Phi) is 15.8. The van der Waals surface area contributed by atoms with Crippen LogP contribution in [0.15, 0.2) is 36.4 Å². The summed E-state index contributed by atoms with van der Waals surface area (Å²) in [4.78, 5) is 32.4. The van der Waals surface area contributed by atoms with E-state index in [1.807, 2.05) is 61.8 Å². The smallest absolute Gasteiger partial charge is 0.226 e. The van der Waals surface area contributed by atoms with Gasteiger partial charge in [-0.25, -0.2) is 0 Å². The minimum Gasteiger partial charge on any atom is -0.343 e. The molecule has 2 aromatic rings. The highest BCUT2D eigenvalue weighted by Gasteiger charge is 2.39. The van der Waals surface area contributed by atoms with Crippen molar-refractivity contribution < 1.29 is 14.2 Å². The van der Waals surface area contributed by atoms with Crippen molar-refractivity contribution in [3.05, 3.63) is 58.7 Å². The minimum absolute atomic E-state index is 0.0136. The highest BCUT2D eigenvalue weighted by Crippen LogP contribution is 2.48. The third-order valence-electron chi connectivity index (χ3n) is 8.55. The van der Waals surface area contributed by atoms with Crippen molar-refractivity contribution in [3.8, 4) is 0 Å². The lowest BCUT2D eigenvalue weighted by atomic mass is 10.0. The van der Waals surface area contributed by atoms with Crippen molar-refractivity contribution in [2.75, 3.05) is 32.3 Å². The summed E-state index contributed by atoms with van der Waals surface area (Å²) < 4.78 is 15.7. The Morgan fingerprint density at radius 1 is 0.651 bits per heavy atom. The molecule has 0 saturated heterocycles. The molecule has 2 rings (SSSR count). The van der Waals surface area contributed by atoms with Gasteiger partial charge >= 0.3 is 0 Å². The summed E-state index contributed by atoms with van der Waals surface area (Å²) >= 11 is 0. The highest BCUT2D eigenvalue weighted by atomic mass is 31.2. The molecular weight excluding hydrogens is 551 g/mol. The van der Waals surface area contributed by atoms with E-state index in [1.54, 1.807) is 0 Å². The molecule has 240 valence electrons. The number of carbonyl (C=O) groups is 2. The van der Waals surface area contributed by atoms with Gasteiger partial charge in [0.1, 0.15) is 7.14 Å². The number of carbonyl (C=O) groups excluding carboxylic acids is 2. The van der Waals surface area contributed by atoms with E-state index in [4.69, 9.17) is 0 Å². The molecule has 0 saturated carbocycles. The predicted molar refractivity (Wildman–Crippen MR) is 184 cm³/mol. The average molecular weight is 611 g/mol. The van der Waals surface area contributed by atoms with E-state index in [1.165, 1.54) is 0 Å². The summed E-state index contributed by atoms with van der Waals surface area (Å²) in [6, 6.07) is 12.3. The van der Waals surface area contributed by atoms with Gasteiger partial charge in [0, 0.05) is 49.4 Å². The zero-order valence-electron chi connectivity index (χ0n) is 28.5. The van der Waals surface area contributed by atoms with Gasteiger partial charge in [-0.2, -0.15) is 0 Å². The SMILES string of the molecule is CCCCN(CCCC)C(=O)CC(CP(=O)(c1cc(C)ccc1C)c1cc(C)ccc1C)C(=O)N(CCCC)CCCC. The van der Waals surface area contributed by atoms with E-state index in [9.17, 15) is 9.59 Å². The minimum atomic E-state index is -3.30. The second-order valence-corrected chi connectivity index (χ2v) is 15.3. The van der Waals surface area contributed by atoms with Gasteiger partial charge in [-0.1, -0.05) is 88.8 Å². The molecule has 0 fully saturated rings. The number of amides is 2. The average Bonchev–Trinajstić information content (AvgIpc) is 2.98. The number of rotatable bonds is 19. The molecule has 1 atom stereocenters. The van der Waals surface area contributed by atoms with Crippen LogP contribution in [0.1, 0.15) is 108 Å². The van der Waals surface area contributed by atoms with E-state index in [0.717, 1.165) is 84.2 Å².